The van der Waals surface area contributed by atoms with Crippen LogP contribution in [-0.2, 0) is 19.9 Å². The molecule has 0 aromatic heterocycles. The third-order valence-corrected chi connectivity index (χ3v) is 8.06. The molecule has 3 saturated heterocycles. The average molecular weight is 470 g/mol. The average Bonchev–Trinajstić information content (AvgIpc) is 3.48. The number of halogens is 2. The first kappa shape index (κ1) is 20.6. The summed E-state index contributed by atoms with van der Waals surface area (Å²) in [4.78, 5) is 44.5. The summed E-state index contributed by atoms with van der Waals surface area (Å²) in [5, 5.41) is 3.29. The van der Waals surface area contributed by atoms with Crippen molar-refractivity contribution < 1.29 is 23.5 Å². The second kappa shape index (κ2) is 6.77. The van der Waals surface area contributed by atoms with Gasteiger partial charge in [0.05, 0.1) is 24.6 Å². The minimum atomic E-state index is -1.42. The number of imide groups is 1. The summed E-state index contributed by atoms with van der Waals surface area (Å²) in [6, 6.07) is 7.06. The standard InChI is InChI=1S/C24H21ClFN3O4/c1-11-8-17(18(33-2)10-14(11)25)29-21(30)19-16-4-3-7-28(16)24(20(19)22(29)31)13-9-12(26)5-6-15(13)27-23(24)32/h5-6,8-10,16,19-20H,3-4,7H2,1-2H3,(H,27,32)/t16-,19+,20+,24+/m0/s1. The molecule has 0 radical (unpaired) electrons. The number of carbonyl (C=O) groups is 3. The normalized spacial score (nSPS) is 30.1. The third kappa shape index (κ3) is 2.40. The van der Waals surface area contributed by atoms with Gasteiger partial charge in [0.25, 0.3) is 0 Å². The summed E-state index contributed by atoms with van der Waals surface area (Å²) in [5.74, 6) is -3.09. The van der Waals surface area contributed by atoms with Crippen LogP contribution >= 0.6 is 11.6 Å². The molecule has 1 N–H and O–H groups in total. The van der Waals surface area contributed by atoms with E-state index >= 15 is 0 Å². The second-order valence-corrected chi connectivity index (χ2v) is 9.51. The van der Waals surface area contributed by atoms with Gasteiger partial charge in [-0.15, -0.1) is 0 Å². The predicted molar refractivity (Wildman–Crippen MR) is 119 cm³/mol. The summed E-state index contributed by atoms with van der Waals surface area (Å²) >= 11 is 6.24. The largest absolute Gasteiger partial charge is 0.495 e. The summed E-state index contributed by atoms with van der Waals surface area (Å²) in [6.45, 7) is 2.34. The van der Waals surface area contributed by atoms with E-state index in [4.69, 9.17) is 16.3 Å². The Morgan fingerprint density at radius 2 is 1.97 bits per heavy atom. The maximum absolute atomic E-state index is 14.4. The van der Waals surface area contributed by atoms with Gasteiger partial charge < -0.3 is 10.1 Å². The zero-order valence-corrected chi connectivity index (χ0v) is 18.8. The smallest absolute Gasteiger partial charge is 0.250 e. The molecule has 4 aliphatic heterocycles. The minimum absolute atomic E-state index is 0.282. The number of carbonyl (C=O) groups excluding carboxylic acids is 3. The molecule has 33 heavy (non-hydrogen) atoms. The van der Waals surface area contributed by atoms with E-state index < -0.39 is 29.1 Å². The van der Waals surface area contributed by atoms with Gasteiger partial charge in [0, 0.05) is 28.4 Å². The molecule has 4 atom stereocenters. The highest BCUT2D eigenvalue weighted by molar-refractivity contribution is 6.32. The lowest BCUT2D eigenvalue weighted by Gasteiger charge is -2.36. The number of rotatable bonds is 2. The molecular weight excluding hydrogens is 449 g/mol. The lowest BCUT2D eigenvalue weighted by atomic mass is 9.75. The minimum Gasteiger partial charge on any atom is -0.495 e. The van der Waals surface area contributed by atoms with Crippen LogP contribution in [0.25, 0.3) is 0 Å². The molecule has 1 spiro atoms. The Labute approximate surface area is 194 Å². The molecule has 2 aromatic rings. The Kier molecular flexibility index (Phi) is 4.23. The molecule has 0 unspecified atom stereocenters. The topological polar surface area (TPSA) is 79.0 Å². The lowest BCUT2D eigenvalue weighted by molar-refractivity contribution is -0.135. The fourth-order valence-electron chi connectivity index (χ4n) is 6.40. The van der Waals surface area contributed by atoms with Crippen LogP contribution in [-0.4, -0.2) is 42.3 Å². The Morgan fingerprint density at radius 3 is 2.73 bits per heavy atom. The Balaban J connectivity index is 1.56. The van der Waals surface area contributed by atoms with Crippen LogP contribution in [0.5, 0.6) is 5.75 Å². The molecule has 0 aliphatic carbocycles. The van der Waals surface area contributed by atoms with Crippen LogP contribution in [0.3, 0.4) is 0 Å². The molecule has 170 valence electrons. The van der Waals surface area contributed by atoms with E-state index in [1.54, 1.807) is 19.1 Å². The first-order valence-corrected chi connectivity index (χ1v) is 11.3. The number of hydrogen-bond donors (Lipinski definition) is 1. The first-order chi connectivity index (χ1) is 15.8. The summed E-state index contributed by atoms with van der Waals surface area (Å²) in [5.41, 5.74) is 0.481. The van der Waals surface area contributed by atoms with Gasteiger partial charge in [0.15, 0.2) is 0 Å². The van der Waals surface area contributed by atoms with Crippen molar-refractivity contribution in [2.75, 3.05) is 23.9 Å². The maximum atomic E-state index is 14.4. The molecule has 6 rings (SSSR count). The number of anilines is 2. The zero-order valence-electron chi connectivity index (χ0n) is 18.0. The van der Waals surface area contributed by atoms with Crippen LogP contribution in [0.4, 0.5) is 15.8 Å². The van der Waals surface area contributed by atoms with Gasteiger partial charge in [-0.25, -0.2) is 9.29 Å². The highest BCUT2D eigenvalue weighted by Crippen LogP contribution is 2.61. The van der Waals surface area contributed by atoms with Crippen molar-refractivity contribution >= 4 is 40.7 Å². The van der Waals surface area contributed by atoms with Crippen LogP contribution in [0.1, 0.15) is 24.0 Å². The van der Waals surface area contributed by atoms with E-state index in [0.29, 0.717) is 46.2 Å². The zero-order chi connectivity index (χ0) is 23.2. The van der Waals surface area contributed by atoms with E-state index in [1.807, 2.05) is 4.90 Å². The number of hydrogen-bond acceptors (Lipinski definition) is 5. The summed E-state index contributed by atoms with van der Waals surface area (Å²) in [7, 11) is 1.44. The number of methoxy groups -OCH3 is 1. The van der Waals surface area contributed by atoms with Crippen LogP contribution in [0.15, 0.2) is 30.3 Å². The van der Waals surface area contributed by atoms with Crippen LogP contribution in [0.2, 0.25) is 5.02 Å². The molecule has 2 aromatic carbocycles. The van der Waals surface area contributed by atoms with Gasteiger partial charge in [0.2, 0.25) is 17.7 Å². The van der Waals surface area contributed by atoms with Crippen molar-refractivity contribution in [2.45, 2.75) is 31.3 Å². The molecular formula is C24H21ClFN3O4. The summed E-state index contributed by atoms with van der Waals surface area (Å²) < 4.78 is 19.8. The van der Waals surface area contributed by atoms with Crippen molar-refractivity contribution in [1.29, 1.82) is 0 Å². The van der Waals surface area contributed by atoms with Crippen LogP contribution in [0, 0.1) is 24.6 Å². The third-order valence-electron chi connectivity index (χ3n) is 7.66. The van der Waals surface area contributed by atoms with Crippen molar-refractivity contribution in [2.24, 2.45) is 11.8 Å². The van der Waals surface area contributed by atoms with Gasteiger partial charge in [-0.3, -0.25) is 19.3 Å². The van der Waals surface area contributed by atoms with E-state index in [0.717, 1.165) is 11.3 Å². The number of ether oxygens (including phenoxy) is 1. The predicted octanol–water partition coefficient (Wildman–Crippen LogP) is 3.23. The lowest BCUT2D eigenvalue weighted by Crippen LogP contribution is -2.54. The van der Waals surface area contributed by atoms with Gasteiger partial charge >= 0.3 is 0 Å². The van der Waals surface area contributed by atoms with E-state index in [1.165, 1.54) is 25.3 Å². The van der Waals surface area contributed by atoms with E-state index in [9.17, 15) is 18.8 Å². The van der Waals surface area contributed by atoms with E-state index in [-0.39, 0.29) is 17.9 Å². The molecule has 0 bridgehead atoms. The Bertz CT molecular complexity index is 1270. The van der Waals surface area contributed by atoms with Crippen molar-refractivity contribution in [1.82, 2.24) is 4.90 Å². The Morgan fingerprint density at radius 1 is 1.18 bits per heavy atom. The fourth-order valence-corrected chi connectivity index (χ4v) is 6.55. The number of nitrogens with one attached hydrogen (secondary N) is 1. The second-order valence-electron chi connectivity index (χ2n) is 9.10. The number of benzene rings is 2. The fraction of sp³-hybridized carbons (Fsp3) is 0.375. The highest BCUT2D eigenvalue weighted by atomic mass is 35.5. The SMILES string of the molecule is COc1cc(Cl)c(C)cc1N1C(=O)[C@@H]2[C@@H]3CCCN3[C@@]3(C(=O)Nc4ccc(F)cc43)[C@H]2C1=O. The first-order valence-electron chi connectivity index (χ1n) is 10.9. The monoisotopic (exact) mass is 469 g/mol. The number of fused-ring (bicyclic) bond motifs is 7. The molecule has 7 nitrogen and oxygen atoms in total. The van der Waals surface area contributed by atoms with Crippen LogP contribution < -0.4 is 15.0 Å². The van der Waals surface area contributed by atoms with Gasteiger partial charge in [-0.05, 0) is 56.1 Å². The molecule has 4 aliphatic rings. The van der Waals surface area contributed by atoms with Crippen molar-refractivity contribution in [3.63, 3.8) is 0 Å². The molecule has 3 amide bonds. The molecule has 9 heteroatoms. The number of aryl methyl sites for hydroxylation is 1. The Hall–Kier alpha value is -2.97. The number of nitrogens with zero attached hydrogens (tertiary/aromatic N) is 2. The number of amides is 3. The molecule has 4 heterocycles. The summed E-state index contributed by atoms with van der Waals surface area (Å²) in [6.07, 6.45) is 1.48. The maximum Gasteiger partial charge on any atom is 0.250 e. The molecule has 3 fully saturated rings. The van der Waals surface area contributed by atoms with Gasteiger partial charge in [-0.2, -0.15) is 0 Å². The van der Waals surface area contributed by atoms with E-state index in [2.05, 4.69) is 5.32 Å². The van der Waals surface area contributed by atoms with Crippen molar-refractivity contribution in [3.05, 3.63) is 52.3 Å². The van der Waals surface area contributed by atoms with Crippen molar-refractivity contribution in [3.8, 4) is 5.75 Å². The molecule has 0 saturated carbocycles. The highest BCUT2D eigenvalue weighted by Gasteiger charge is 2.74. The van der Waals surface area contributed by atoms with Gasteiger partial charge in [0.1, 0.15) is 17.1 Å². The van der Waals surface area contributed by atoms with Gasteiger partial charge in [-0.1, -0.05) is 11.6 Å². The quantitative estimate of drug-likeness (QED) is 0.683.